The van der Waals surface area contributed by atoms with Crippen LogP contribution in [0.5, 0.6) is 0 Å². The van der Waals surface area contributed by atoms with Crippen molar-refractivity contribution in [3.8, 4) is 0 Å². The quantitative estimate of drug-likeness (QED) is 0.250. The summed E-state index contributed by atoms with van der Waals surface area (Å²) >= 11 is -1.69. The van der Waals surface area contributed by atoms with Crippen LogP contribution in [-0.2, 0) is 0 Å². The zero-order chi connectivity index (χ0) is 22.1. The van der Waals surface area contributed by atoms with Crippen molar-refractivity contribution >= 4 is 30.3 Å². The third kappa shape index (κ3) is 11.7. The minimum absolute atomic E-state index is 0.190. The summed E-state index contributed by atoms with van der Waals surface area (Å²) < 4.78 is 6.80. The Kier molecular flexibility index (Phi) is 16.1. The maximum atomic E-state index is 10.5. The molecule has 0 aliphatic carbocycles. The molecule has 0 bridgehead atoms. The van der Waals surface area contributed by atoms with Gasteiger partial charge in [0, 0.05) is 0 Å². The molecule has 0 aliphatic rings. The molecule has 0 aliphatic heterocycles. The van der Waals surface area contributed by atoms with Gasteiger partial charge in [0.2, 0.25) is 0 Å². The topological polar surface area (TPSA) is 74.6 Å². The first kappa shape index (κ1) is 28.0. The molecule has 0 fully saturated rings. The van der Waals surface area contributed by atoms with Crippen molar-refractivity contribution in [2.24, 2.45) is 0 Å². The number of carbonyl (C=O) groups is 2. The van der Waals surface area contributed by atoms with E-state index in [-0.39, 0.29) is 11.1 Å². The van der Waals surface area contributed by atoms with E-state index >= 15 is 0 Å². The van der Waals surface area contributed by atoms with Crippen LogP contribution in [0.4, 0.5) is 0 Å². The fourth-order valence-electron chi connectivity index (χ4n) is 3.81. The summed E-state index contributed by atoms with van der Waals surface area (Å²) in [5, 5.41) is 17.1. The summed E-state index contributed by atoms with van der Waals surface area (Å²) in [6, 6.07) is 5.48. The van der Waals surface area contributed by atoms with Gasteiger partial charge < -0.3 is 10.2 Å². The number of carboxylic acids is 2. The number of rotatable bonds is 14. The van der Waals surface area contributed by atoms with Crippen LogP contribution >= 0.6 is 0 Å². The standard InChI is InChI=1S/C8H6O4.4C4H9.Sn/c9-7(10)5-3-1-2-4-6(5)8(11)12;4*1-3-4-2;/h1-4H,(H,9,10)(H,11,12);4*1,3-4H2,2H3;. The summed E-state index contributed by atoms with van der Waals surface area (Å²) in [6.45, 7) is 9.48. The predicted molar refractivity (Wildman–Crippen MR) is 125 cm³/mol. The number of aromatic carboxylic acids is 2. The third-order valence-electron chi connectivity index (χ3n) is 5.63. The van der Waals surface area contributed by atoms with Crippen molar-refractivity contribution < 1.29 is 19.8 Å². The first-order valence-corrected chi connectivity index (χ1v) is 19.5. The Balaban J connectivity index is 0.000000571. The molecule has 0 heterocycles. The molecule has 2 N–H and O–H groups in total. The van der Waals surface area contributed by atoms with E-state index in [4.69, 9.17) is 10.2 Å². The predicted octanol–water partition coefficient (Wildman–Crippen LogP) is 7.72. The van der Waals surface area contributed by atoms with E-state index in [0.29, 0.717) is 0 Å². The van der Waals surface area contributed by atoms with Crippen molar-refractivity contribution in [3.63, 3.8) is 0 Å². The minimum Gasteiger partial charge on any atom is -0.478 e. The minimum atomic E-state index is -1.69. The van der Waals surface area contributed by atoms with E-state index in [1.165, 1.54) is 75.6 Å². The maximum absolute atomic E-state index is 10.5. The van der Waals surface area contributed by atoms with Gasteiger partial charge >= 0.3 is 127 Å². The summed E-state index contributed by atoms with van der Waals surface area (Å²) in [5.74, 6) is -2.46. The molecular weight excluding hydrogens is 471 g/mol. The molecule has 166 valence electrons. The fraction of sp³-hybridized carbons (Fsp3) is 0.667. The Labute approximate surface area is 182 Å². The van der Waals surface area contributed by atoms with Gasteiger partial charge in [-0.15, -0.1) is 0 Å². The second-order valence-corrected chi connectivity index (χ2v) is 22.3. The molecule has 0 saturated carbocycles. The van der Waals surface area contributed by atoms with Crippen LogP contribution in [0.1, 0.15) is 99.8 Å². The van der Waals surface area contributed by atoms with E-state index in [1.807, 2.05) is 0 Å². The van der Waals surface area contributed by atoms with Crippen LogP contribution < -0.4 is 0 Å². The molecule has 0 aromatic heterocycles. The Hall–Kier alpha value is -1.04. The number of carboxylic acid groups (broad SMARTS) is 2. The summed E-state index contributed by atoms with van der Waals surface area (Å²) in [4.78, 5) is 20.9. The molecule has 4 nitrogen and oxygen atoms in total. The summed E-state index contributed by atoms with van der Waals surface area (Å²) in [7, 11) is 0. The molecule has 0 amide bonds. The first-order chi connectivity index (χ1) is 13.9. The van der Waals surface area contributed by atoms with Gasteiger partial charge in [-0.2, -0.15) is 0 Å². The average molecular weight is 513 g/mol. The zero-order valence-electron chi connectivity index (χ0n) is 19.0. The zero-order valence-corrected chi connectivity index (χ0v) is 21.9. The third-order valence-corrected chi connectivity index (χ3v) is 21.8. The maximum Gasteiger partial charge on any atom is 0.336 e. The fourth-order valence-corrected chi connectivity index (χ4v) is 20.7. The van der Waals surface area contributed by atoms with Gasteiger partial charge in [0.15, 0.2) is 0 Å². The number of hydrogen-bond donors (Lipinski definition) is 2. The average Bonchev–Trinajstić information content (AvgIpc) is 2.73. The van der Waals surface area contributed by atoms with E-state index in [9.17, 15) is 9.59 Å². The van der Waals surface area contributed by atoms with Crippen molar-refractivity contribution in [1.29, 1.82) is 0 Å². The smallest absolute Gasteiger partial charge is 0.336 e. The SMILES string of the molecule is CCC[CH2][Sn]([CH2]CCC)([CH2]CCC)[CH2]CCC.O=C(O)c1ccccc1C(=O)O. The molecule has 0 radical (unpaired) electrons. The van der Waals surface area contributed by atoms with Gasteiger partial charge in [-0.25, -0.2) is 9.59 Å². The summed E-state index contributed by atoms with van der Waals surface area (Å²) in [5.41, 5.74) is -0.380. The molecule has 0 atom stereocenters. The Morgan fingerprint density at radius 1 is 0.655 bits per heavy atom. The van der Waals surface area contributed by atoms with Gasteiger partial charge in [-0.1, -0.05) is 12.1 Å². The molecule has 5 heteroatoms. The van der Waals surface area contributed by atoms with E-state index in [1.54, 1.807) is 17.7 Å². The van der Waals surface area contributed by atoms with Crippen LogP contribution in [0, 0.1) is 0 Å². The van der Waals surface area contributed by atoms with Crippen LogP contribution in [0.25, 0.3) is 0 Å². The van der Waals surface area contributed by atoms with Gasteiger partial charge in [-0.3, -0.25) is 0 Å². The number of benzene rings is 1. The molecule has 0 unspecified atom stereocenters. The van der Waals surface area contributed by atoms with Gasteiger partial charge in [0.1, 0.15) is 0 Å². The van der Waals surface area contributed by atoms with Crippen LogP contribution in [-0.4, -0.2) is 40.5 Å². The van der Waals surface area contributed by atoms with E-state index in [2.05, 4.69) is 27.7 Å². The normalized spacial score (nSPS) is 10.9. The van der Waals surface area contributed by atoms with Crippen molar-refractivity contribution in [1.82, 2.24) is 0 Å². The van der Waals surface area contributed by atoms with Crippen molar-refractivity contribution in [3.05, 3.63) is 35.4 Å². The monoisotopic (exact) mass is 514 g/mol. The van der Waals surface area contributed by atoms with E-state index in [0.717, 1.165) is 0 Å². The molecule has 29 heavy (non-hydrogen) atoms. The largest absolute Gasteiger partial charge is 0.478 e. The van der Waals surface area contributed by atoms with Crippen molar-refractivity contribution in [2.75, 3.05) is 0 Å². The first-order valence-electron chi connectivity index (χ1n) is 11.4. The molecule has 1 aromatic carbocycles. The Morgan fingerprint density at radius 2 is 0.931 bits per heavy atom. The van der Waals surface area contributed by atoms with Crippen LogP contribution in [0.3, 0.4) is 0 Å². The Morgan fingerprint density at radius 3 is 1.14 bits per heavy atom. The molecule has 0 saturated heterocycles. The second-order valence-electron chi connectivity index (χ2n) is 8.07. The molecule has 1 rings (SSSR count). The molecule has 1 aromatic rings. The van der Waals surface area contributed by atoms with E-state index < -0.39 is 30.3 Å². The van der Waals surface area contributed by atoms with Crippen LogP contribution in [0.15, 0.2) is 24.3 Å². The molecular formula is C24H42O4Sn. The van der Waals surface area contributed by atoms with Crippen molar-refractivity contribution in [2.45, 2.75) is 96.8 Å². The number of hydrogen-bond acceptors (Lipinski definition) is 2. The number of unbranched alkanes of at least 4 members (excludes halogenated alkanes) is 4. The molecule has 0 spiro atoms. The second kappa shape index (κ2) is 16.7. The summed E-state index contributed by atoms with van der Waals surface area (Å²) in [6.07, 6.45) is 11.8. The van der Waals surface area contributed by atoms with Gasteiger partial charge in [-0.05, 0) is 12.1 Å². The Bertz CT molecular complexity index is 515. The van der Waals surface area contributed by atoms with Gasteiger partial charge in [0.25, 0.3) is 0 Å². The van der Waals surface area contributed by atoms with Crippen LogP contribution in [0.2, 0.25) is 17.7 Å². The van der Waals surface area contributed by atoms with Gasteiger partial charge in [0.05, 0.1) is 11.1 Å².